The quantitative estimate of drug-likeness (QED) is 0.458. The van der Waals surface area contributed by atoms with Crippen LogP contribution in [0, 0.1) is 16.0 Å². The van der Waals surface area contributed by atoms with E-state index < -0.39 is 0 Å². The number of benzene rings is 1. The molecule has 1 heterocycles. The number of fused-ring (bicyclic) bond motifs is 1. The number of hydrogen-bond acceptors (Lipinski definition) is 5. The number of aromatic nitrogens is 1. The predicted molar refractivity (Wildman–Crippen MR) is 87.2 cm³/mol. The third-order valence-electron chi connectivity index (χ3n) is 3.22. The Morgan fingerprint density at radius 2 is 2.14 bits per heavy atom. The summed E-state index contributed by atoms with van der Waals surface area (Å²) < 4.78 is 5.53. The second-order valence-electron chi connectivity index (χ2n) is 5.56. The number of nitro benzene ring substituents is 1. The highest BCUT2D eigenvalue weighted by Crippen LogP contribution is 2.30. The van der Waals surface area contributed by atoms with Crippen LogP contribution in [0.1, 0.15) is 20.3 Å². The van der Waals surface area contributed by atoms with Crippen LogP contribution in [0.15, 0.2) is 30.6 Å². The maximum absolute atomic E-state index is 11.1. The van der Waals surface area contributed by atoms with Crippen molar-refractivity contribution < 1.29 is 9.66 Å². The van der Waals surface area contributed by atoms with Gasteiger partial charge in [0.15, 0.2) is 0 Å². The molecular formula is C16H21N3O3. The smallest absolute Gasteiger partial charge is 0.278 e. The molecule has 0 bridgehead atoms. The molecule has 0 aliphatic heterocycles. The predicted octanol–water partition coefficient (Wildman–Crippen LogP) is 3.62. The summed E-state index contributed by atoms with van der Waals surface area (Å²) in [6, 6.07) is 5.05. The zero-order valence-electron chi connectivity index (χ0n) is 12.9. The first kappa shape index (κ1) is 16.2. The number of non-ortho nitro benzene ring substituents is 1. The molecule has 0 amide bonds. The molecular weight excluding hydrogens is 282 g/mol. The van der Waals surface area contributed by atoms with Crippen LogP contribution < -0.4 is 5.32 Å². The van der Waals surface area contributed by atoms with Crippen LogP contribution in [0.4, 0.5) is 11.4 Å². The normalized spacial score (nSPS) is 11.0. The molecule has 1 N–H and O–H groups in total. The first-order valence-corrected chi connectivity index (χ1v) is 7.42. The van der Waals surface area contributed by atoms with E-state index in [2.05, 4.69) is 24.1 Å². The van der Waals surface area contributed by atoms with E-state index in [1.807, 2.05) is 0 Å². The lowest BCUT2D eigenvalue weighted by Gasteiger charge is -2.11. The summed E-state index contributed by atoms with van der Waals surface area (Å²) in [7, 11) is 0. The van der Waals surface area contributed by atoms with Crippen LogP contribution in [0.2, 0.25) is 0 Å². The molecule has 2 rings (SSSR count). The van der Waals surface area contributed by atoms with Gasteiger partial charge in [0.1, 0.15) is 0 Å². The Bertz CT molecular complexity index is 644. The Labute approximate surface area is 129 Å². The number of hydrogen-bond donors (Lipinski definition) is 1. The van der Waals surface area contributed by atoms with E-state index in [0.717, 1.165) is 30.6 Å². The lowest BCUT2D eigenvalue weighted by molar-refractivity contribution is -0.383. The maximum atomic E-state index is 11.1. The molecule has 0 fully saturated rings. The highest BCUT2D eigenvalue weighted by Gasteiger charge is 2.13. The minimum atomic E-state index is -0.381. The molecule has 0 saturated carbocycles. The van der Waals surface area contributed by atoms with E-state index in [4.69, 9.17) is 4.74 Å². The standard InChI is InChI=1S/C16H21N3O3/c1-12(2)11-22-9-3-7-18-15-4-5-16(19(20)21)14-10-17-8-6-13(14)15/h4-6,8,10,12,18H,3,7,9,11H2,1-2H3. The van der Waals surface area contributed by atoms with Crippen molar-refractivity contribution in [2.75, 3.05) is 25.1 Å². The summed E-state index contributed by atoms with van der Waals surface area (Å²) >= 11 is 0. The van der Waals surface area contributed by atoms with Crippen molar-refractivity contribution in [1.82, 2.24) is 4.98 Å². The van der Waals surface area contributed by atoms with Gasteiger partial charge in [0, 0.05) is 49.3 Å². The first-order chi connectivity index (χ1) is 10.6. The summed E-state index contributed by atoms with van der Waals surface area (Å²) in [6.45, 7) is 6.47. The average Bonchev–Trinajstić information content (AvgIpc) is 2.50. The Balaban J connectivity index is 2.00. The molecule has 0 unspecified atom stereocenters. The number of rotatable bonds is 8. The topological polar surface area (TPSA) is 77.3 Å². The van der Waals surface area contributed by atoms with Crippen molar-refractivity contribution in [2.45, 2.75) is 20.3 Å². The van der Waals surface area contributed by atoms with Gasteiger partial charge >= 0.3 is 0 Å². The molecule has 0 aliphatic rings. The Morgan fingerprint density at radius 3 is 2.86 bits per heavy atom. The van der Waals surface area contributed by atoms with E-state index in [9.17, 15) is 10.1 Å². The van der Waals surface area contributed by atoms with Crippen molar-refractivity contribution in [1.29, 1.82) is 0 Å². The molecule has 6 nitrogen and oxygen atoms in total. The number of pyridine rings is 1. The molecule has 1 aromatic heterocycles. The largest absolute Gasteiger partial charge is 0.384 e. The highest BCUT2D eigenvalue weighted by molar-refractivity contribution is 5.99. The summed E-state index contributed by atoms with van der Waals surface area (Å²) in [5.41, 5.74) is 0.959. The Morgan fingerprint density at radius 1 is 1.32 bits per heavy atom. The molecule has 6 heteroatoms. The zero-order chi connectivity index (χ0) is 15.9. The van der Waals surface area contributed by atoms with E-state index >= 15 is 0 Å². The van der Waals surface area contributed by atoms with Crippen LogP contribution in [-0.2, 0) is 4.74 Å². The second kappa shape index (κ2) is 7.70. The van der Waals surface area contributed by atoms with Crippen molar-refractivity contribution in [3.05, 3.63) is 40.7 Å². The van der Waals surface area contributed by atoms with Crippen molar-refractivity contribution >= 4 is 22.1 Å². The summed E-state index contributed by atoms with van der Waals surface area (Å²) in [4.78, 5) is 14.7. The van der Waals surface area contributed by atoms with Gasteiger partial charge in [-0.1, -0.05) is 13.8 Å². The van der Waals surface area contributed by atoms with Crippen LogP contribution in [0.25, 0.3) is 10.8 Å². The molecule has 2 aromatic rings. The fourth-order valence-electron chi connectivity index (χ4n) is 2.20. The summed E-state index contributed by atoms with van der Waals surface area (Å²) in [5.74, 6) is 0.541. The van der Waals surface area contributed by atoms with E-state index in [0.29, 0.717) is 17.9 Å². The lowest BCUT2D eigenvalue weighted by Crippen LogP contribution is -2.08. The number of nitrogens with zero attached hydrogens (tertiary/aromatic N) is 2. The molecule has 0 atom stereocenters. The SMILES string of the molecule is CC(C)COCCCNc1ccc([N+](=O)[O-])c2cnccc12. The fourth-order valence-corrected chi connectivity index (χ4v) is 2.20. The molecule has 0 saturated heterocycles. The van der Waals surface area contributed by atoms with Crippen LogP contribution in [0.3, 0.4) is 0 Å². The first-order valence-electron chi connectivity index (χ1n) is 7.42. The van der Waals surface area contributed by atoms with Gasteiger partial charge in [-0.15, -0.1) is 0 Å². The van der Waals surface area contributed by atoms with Gasteiger partial charge in [-0.3, -0.25) is 15.1 Å². The van der Waals surface area contributed by atoms with Gasteiger partial charge in [0.25, 0.3) is 5.69 Å². The minimum absolute atomic E-state index is 0.0777. The number of anilines is 1. The van der Waals surface area contributed by atoms with Gasteiger partial charge in [-0.05, 0) is 24.5 Å². The maximum Gasteiger partial charge on any atom is 0.278 e. The van der Waals surface area contributed by atoms with Crippen LogP contribution in [0.5, 0.6) is 0 Å². The minimum Gasteiger partial charge on any atom is -0.384 e. The number of nitro groups is 1. The third kappa shape index (κ3) is 4.14. The number of ether oxygens (including phenoxy) is 1. The van der Waals surface area contributed by atoms with Crippen LogP contribution >= 0.6 is 0 Å². The zero-order valence-corrected chi connectivity index (χ0v) is 12.9. The number of nitrogens with one attached hydrogen (secondary N) is 1. The van der Waals surface area contributed by atoms with Crippen molar-refractivity contribution in [3.8, 4) is 0 Å². The average molecular weight is 303 g/mol. The van der Waals surface area contributed by atoms with Crippen molar-refractivity contribution in [3.63, 3.8) is 0 Å². The molecule has 0 aliphatic carbocycles. The van der Waals surface area contributed by atoms with Crippen molar-refractivity contribution in [2.24, 2.45) is 5.92 Å². The van der Waals surface area contributed by atoms with Gasteiger partial charge < -0.3 is 10.1 Å². The third-order valence-corrected chi connectivity index (χ3v) is 3.22. The summed E-state index contributed by atoms with van der Waals surface area (Å²) in [6.07, 6.45) is 4.06. The molecule has 22 heavy (non-hydrogen) atoms. The van der Waals surface area contributed by atoms with Gasteiger partial charge in [0.05, 0.1) is 10.3 Å². The molecule has 1 aromatic carbocycles. The van der Waals surface area contributed by atoms with Crippen LogP contribution in [-0.4, -0.2) is 29.7 Å². The van der Waals surface area contributed by atoms with E-state index in [-0.39, 0.29) is 10.6 Å². The Hall–Kier alpha value is -2.21. The second-order valence-corrected chi connectivity index (χ2v) is 5.56. The van der Waals surface area contributed by atoms with Gasteiger partial charge in [-0.25, -0.2) is 0 Å². The monoisotopic (exact) mass is 303 g/mol. The van der Waals surface area contributed by atoms with Gasteiger partial charge in [0.2, 0.25) is 0 Å². The summed E-state index contributed by atoms with van der Waals surface area (Å²) in [5, 5.41) is 15.7. The lowest BCUT2D eigenvalue weighted by atomic mass is 10.1. The molecule has 0 radical (unpaired) electrons. The van der Waals surface area contributed by atoms with E-state index in [1.165, 1.54) is 12.3 Å². The Kier molecular flexibility index (Phi) is 5.66. The van der Waals surface area contributed by atoms with Gasteiger partial charge in [-0.2, -0.15) is 0 Å². The molecule has 0 spiro atoms. The molecule has 118 valence electrons. The fraction of sp³-hybridized carbons (Fsp3) is 0.438. The van der Waals surface area contributed by atoms with E-state index in [1.54, 1.807) is 18.3 Å². The highest BCUT2D eigenvalue weighted by atomic mass is 16.6.